The van der Waals surface area contributed by atoms with E-state index < -0.39 is 0 Å². The molecule has 2 atom stereocenters. The van der Waals surface area contributed by atoms with Gasteiger partial charge >= 0.3 is 0 Å². The van der Waals surface area contributed by atoms with Crippen LogP contribution in [0.2, 0.25) is 10.0 Å². The third-order valence-corrected chi connectivity index (χ3v) is 4.53. The van der Waals surface area contributed by atoms with Crippen molar-refractivity contribution in [3.05, 3.63) is 69.7 Å². The van der Waals surface area contributed by atoms with Crippen LogP contribution in [0.15, 0.2) is 48.5 Å². The first kappa shape index (κ1) is 16.3. The molecule has 0 heterocycles. The quantitative estimate of drug-likeness (QED) is 0.865. The Morgan fingerprint density at radius 3 is 2.24 bits per heavy atom. The topological polar surface area (TPSA) is 29.3 Å². The highest BCUT2D eigenvalue weighted by Gasteiger charge is 2.22. The van der Waals surface area contributed by atoms with Gasteiger partial charge in [-0.15, -0.1) is 0 Å². The second kappa shape index (κ2) is 7.28. The third-order valence-electron chi connectivity index (χ3n) is 3.94. The highest BCUT2D eigenvalue weighted by atomic mass is 35.5. The Balaban J connectivity index is 2.25. The minimum Gasteiger partial charge on any atom is -0.329 e. The Bertz CT molecular complexity index is 584. The first-order chi connectivity index (χ1) is 10.0. The molecule has 2 aromatic rings. The van der Waals surface area contributed by atoms with Crippen molar-refractivity contribution in [3.63, 3.8) is 0 Å². The molecule has 0 aromatic heterocycles. The molecule has 2 aromatic carbocycles. The van der Waals surface area contributed by atoms with Crippen LogP contribution in [0.4, 0.5) is 0 Å². The zero-order valence-corrected chi connectivity index (χ0v) is 13.8. The van der Waals surface area contributed by atoms with E-state index in [2.05, 4.69) is 24.9 Å². The lowest BCUT2D eigenvalue weighted by Crippen LogP contribution is -2.32. The van der Waals surface area contributed by atoms with Gasteiger partial charge in [-0.2, -0.15) is 0 Å². The number of hydrogen-bond donors (Lipinski definition) is 1. The van der Waals surface area contributed by atoms with Gasteiger partial charge in [0.25, 0.3) is 0 Å². The van der Waals surface area contributed by atoms with Crippen molar-refractivity contribution >= 4 is 23.2 Å². The average molecular weight is 323 g/mol. The molecule has 0 amide bonds. The molecule has 0 aliphatic carbocycles. The van der Waals surface area contributed by atoms with E-state index in [4.69, 9.17) is 28.9 Å². The van der Waals surface area contributed by atoms with Crippen LogP contribution in [0.1, 0.15) is 30.1 Å². The Kier molecular flexibility index (Phi) is 5.65. The van der Waals surface area contributed by atoms with Crippen LogP contribution in [0, 0.1) is 0 Å². The van der Waals surface area contributed by atoms with Crippen LogP contribution in [0.25, 0.3) is 0 Å². The normalized spacial score (nSPS) is 14.2. The van der Waals surface area contributed by atoms with Crippen molar-refractivity contribution in [2.45, 2.75) is 19.0 Å². The number of nitrogens with two attached hydrogens (primary N) is 1. The smallest absolute Gasteiger partial charge is 0.0473 e. The lowest BCUT2D eigenvalue weighted by Gasteiger charge is -2.33. The molecule has 2 unspecified atom stereocenters. The van der Waals surface area contributed by atoms with E-state index in [1.165, 1.54) is 0 Å². The van der Waals surface area contributed by atoms with E-state index >= 15 is 0 Å². The van der Waals surface area contributed by atoms with Crippen molar-refractivity contribution < 1.29 is 0 Å². The molecule has 0 saturated heterocycles. The summed E-state index contributed by atoms with van der Waals surface area (Å²) in [5, 5.41) is 1.51. The predicted octanol–water partition coefficient (Wildman–Crippen LogP) is 4.69. The summed E-state index contributed by atoms with van der Waals surface area (Å²) >= 11 is 12.3. The molecule has 112 valence electrons. The van der Waals surface area contributed by atoms with Gasteiger partial charge in [-0.3, -0.25) is 4.90 Å². The lowest BCUT2D eigenvalue weighted by molar-refractivity contribution is 0.190. The molecular weight excluding hydrogens is 303 g/mol. The zero-order valence-electron chi connectivity index (χ0n) is 12.3. The molecular formula is C17H20Cl2N2. The first-order valence-electron chi connectivity index (χ1n) is 6.96. The molecule has 0 spiro atoms. The maximum absolute atomic E-state index is 6.30. The molecule has 21 heavy (non-hydrogen) atoms. The van der Waals surface area contributed by atoms with E-state index in [1.807, 2.05) is 42.5 Å². The van der Waals surface area contributed by atoms with Crippen LogP contribution < -0.4 is 5.73 Å². The first-order valence-corrected chi connectivity index (χ1v) is 7.72. The minimum absolute atomic E-state index is 0.119. The van der Waals surface area contributed by atoms with Gasteiger partial charge in [-0.05, 0) is 43.3 Å². The number of nitrogens with zero attached hydrogens (tertiary/aromatic N) is 1. The van der Waals surface area contributed by atoms with E-state index in [1.54, 1.807) is 0 Å². The molecule has 0 radical (unpaired) electrons. The van der Waals surface area contributed by atoms with Gasteiger partial charge < -0.3 is 5.73 Å². The molecule has 2 N–H and O–H groups in total. The van der Waals surface area contributed by atoms with E-state index in [9.17, 15) is 0 Å². The number of rotatable bonds is 5. The van der Waals surface area contributed by atoms with Crippen LogP contribution in [0.3, 0.4) is 0 Å². The number of benzene rings is 2. The summed E-state index contributed by atoms with van der Waals surface area (Å²) in [7, 11) is 2.07. The maximum Gasteiger partial charge on any atom is 0.0473 e. The van der Waals surface area contributed by atoms with Gasteiger partial charge in [0, 0.05) is 28.7 Å². The fraction of sp³-hybridized carbons (Fsp3) is 0.294. The molecule has 0 saturated carbocycles. The summed E-state index contributed by atoms with van der Waals surface area (Å²) in [6, 6.07) is 16.0. The Morgan fingerprint density at radius 2 is 1.67 bits per heavy atom. The third kappa shape index (κ3) is 3.78. The number of hydrogen-bond acceptors (Lipinski definition) is 2. The van der Waals surface area contributed by atoms with Gasteiger partial charge in [0.2, 0.25) is 0 Å². The summed E-state index contributed by atoms with van der Waals surface area (Å²) in [4.78, 5) is 2.24. The Hall–Kier alpha value is -1.06. The summed E-state index contributed by atoms with van der Waals surface area (Å²) in [5.74, 6) is 0. The second-order valence-electron chi connectivity index (χ2n) is 5.17. The van der Waals surface area contributed by atoms with Gasteiger partial charge in [0.15, 0.2) is 0 Å². The zero-order chi connectivity index (χ0) is 15.4. The fourth-order valence-electron chi connectivity index (χ4n) is 2.53. The number of halogens is 2. The average Bonchev–Trinajstić information content (AvgIpc) is 2.49. The summed E-state index contributed by atoms with van der Waals surface area (Å²) < 4.78 is 0. The summed E-state index contributed by atoms with van der Waals surface area (Å²) in [5.41, 5.74) is 8.25. The van der Waals surface area contributed by atoms with Crippen molar-refractivity contribution in [3.8, 4) is 0 Å². The summed E-state index contributed by atoms with van der Waals surface area (Å²) in [6.45, 7) is 2.67. The van der Waals surface area contributed by atoms with Gasteiger partial charge in [-0.25, -0.2) is 0 Å². The van der Waals surface area contributed by atoms with Crippen molar-refractivity contribution in [1.82, 2.24) is 4.90 Å². The Labute approximate surface area is 136 Å². The second-order valence-corrected chi connectivity index (χ2v) is 6.01. The highest BCUT2D eigenvalue weighted by molar-refractivity contribution is 6.31. The monoisotopic (exact) mass is 322 g/mol. The van der Waals surface area contributed by atoms with E-state index in [-0.39, 0.29) is 12.1 Å². The molecule has 0 bridgehead atoms. The van der Waals surface area contributed by atoms with Crippen molar-refractivity contribution in [1.29, 1.82) is 0 Å². The fourth-order valence-corrected chi connectivity index (χ4v) is 2.95. The van der Waals surface area contributed by atoms with Crippen LogP contribution in [-0.4, -0.2) is 18.5 Å². The molecule has 2 nitrogen and oxygen atoms in total. The van der Waals surface area contributed by atoms with E-state index in [0.717, 1.165) is 21.2 Å². The maximum atomic E-state index is 6.30. The standard InChI is InChI=1S/C17H20Cl2N2/c1-12(15-5-3-4-6-16(15)19)21(2)17(11-20)13-7-9-14(18)10-8-13/h3-10,12,17H,11,20H2,1-2H3. The molecule has 0 aliphatic rings. The van der Waals surface area contributed by atoms with Crippen LogP contribution >= 0.6 is 23.2 Å². The van der Waals surface area contributed by atoms with Crippen molar-refractivity contribution in [2.75, 3.05) is 13.6 Å². The largest absolute Gasteiger partial charge is 0.329 e. The minimum atomic E-state index is 0.119. The van der Waals surface area contributed by atoms with Crippen molar-refractivity contribution in [2.24, 2.45) is 5.73 Å². The molecule has 0 aliphatic heterocycles. The van der Waals surface area contributed by atoms with E-state index in [0.29, 0.717) is 6.54 Å². The molecule has 0 fully saturated rings. The van der Waals surface area contributed by atoms with Gasteiger partial charge in [0.1, 0.15) is 0 Å². The Morgan fingerprint density at radius 1 is 1.05 bits per heavy atom. The predicted molar refractivity (Wildman–Crippen MR) is 90.9 cm³/mol. The van der Waals surface area contributed by atoms with Crippen LogP contribution in [0.5, 0.6) is 0 Å². The SMILES string of the molecule is CC(c1ccccc1Cl)N(C)C(CN)c1ccc(Cl)cc1. The summed E-state index contributed by atoms with van der Waals surface area (Å²) in [6.07, 6.45) is 0. The molecule has 2 rings (SSSR count). The highest BCUT2D eigenvalue weighted by Crippen LogP contribution is 2.32. The lowest BCUT2D eigenvalue weighted by atomic mass is 10.0. The van der Waals surface area contributed by atoms with Gasteiger partial charge in [-0.1, -0.05) is 53.5 Å². The van der Waals surface area contributed by atoms with Crippen LogP contribution in [-0.2, 0) is 0 Å². The number of likely N-dealkylation sites (N-methyl/N-ethyl adjacent to an activating group) is 1. The van der Waals surface area contributed by atoms with Gasteiger partial charge in [0.05, 0.1) is 0 Å². The molecule has 4 heteroatoms.